The third-order valence-electron chi connectivity index (χ3n) is 4.00. The summed E-state index contributed by atoms with van der Waals surface area (Å²) >= 11 is 0. The van der Waals surface area contributed by atoms with Crippen LogP contribution in [0.25, 0.3) is 11.3 Å². The third-order valence-corrected chi connectivity index (χ3v) is 4.00. The monoisotopic (exact) mass is 308 g/mol. The second kappa shape index (κ2) is 6.76. The van der Waals surface area contributed by atoms with E-state index in [9.17, 15) is 5.26 Å². The molecule has 0 atom stereocenters. The van der Waals surface area contributed by atoms with E-state index >= 15 is 0 Å². The molecule has 0 saturated carbocycles. The second-order valence-electron chi connectivity index (χ2n) is 5.93. The minimum Gasteiger partial charge on any atom is -0.378 e. The van der Waals surface area contributed by atoms with Crippen LogP contribution in [0.3, 0.4) is 0 Å². The highest BCUT2D eigenvalue weighted by atomic mass is 16.5. The van der Waals surface area contributed by atoms with Gasteiger partial charge >= 0.3 is 0 Å². The molecule has 5 heteroatoms. The molecule has 1 aliphatic rings. The van der Waals surface area contributed by atoms with Gasteiger partial charge in [-0.05, 0) is 11.5 Å². The molecule has 5 nitrogen and oxygen atoms in total. The van der Waals surface area contributed by atoms with E-state index in [-0.39, 0.29) is 0 Å². The fraction of sp³-hybridized carbons (Fsp3) is 0.389. The number of nitrogens with zero attached hydrogens (tertiary/aromatic N) is 4. The van der Waals surface area contributed by atoms with Gasteiger partial charge in [-0.3, -0.25) is 0 Å². The molecule has 118 valence electrons. The lowest BCUT2D eigenvalue weighted by molar-refractivity contribution is 0.122. The van der Waals surface area contributed by atoms with E-state index in [1.807, 2.05) is 0 Å². The first-order chi connectivity index (χ1) is 11.2. The van der Waals surface area contributed by atoms with Crippen molar-refractivity contribution in [1.29, 1.82) is 5.26 Å². The quantitative estimate of drug-likeness (QED) is 0.872. The number of rotatable bonds is 3. The van der Waals surface area contributed by atoms with Gasteiger partial charge in [0.2, 0.25) is 5.95 Å². The molecule has 2 aromatic rings. The second-order valence-corrected chi connectivity index (χ2v) is 5.93. The fourth-order valence-corrected chi connectivity index (χ4v) is 2.58. The molecule has 1 aromatic heterocycles. The van der Waals surface area contributed by atoms with Crippen LogP contribution in [0.1, 0.15) is 31.0 Å². The van der Waals surface area contributed by atoms with Gasteiger partial charge in [-0.15, -0.1) is 0 Å². The Hall–Kier alpha value is -2.45. The first-order valence-electron chi connectivity index (χ1n) is 7.89. The molecular weight excluding hydrogens is 288 g/mol. The minimum absolute atomic E-state index is 0.393. The van der Waals surface area contributed by atoms with E-state index in [0.717, 1.165) is 24.3 Å². The number of morpholine rings is 1. The molecule has 0 unspecified atom stereocenters. The van der Waals surface area contributed by atoms with Crippen LogP contribution in [0.5, 0.6) is 0 Å². The summed E-state index contributed by atoms with van der Waals surface area (Å²) in [7, 11) is 0. The van der Waals surface area contributed by atoms with Crippen LogP contribution >= 0.6 is 0 Å². The number of aromatic nitrogens is 2. The average molecular weight is 308 g/mol. The van der Waals surface area contributed by atoms with Crippen molar-refractivity contribution < 1.29 is 4.74 Å². The SMILES string of the molecule is CC(C)c1ccc(-c2cc(C#N)nc(N3CCOCC3)n2)cc1. The van der Waals surface area contributed by atoms with Crippen LogP contribution in [0.4, 0.5) is 5.95 Å². The van der Waals surface area contributed by atoms with Crippen LogP contribution in [-0.4, -0.2) is 36.3 Å². The van der Waals surface area contributed by atoms with E-state index in [4.69, 9.17) is 4.74 Å². The molecule has 0 bridgehead atoms. The Kier molecular flexibility index (Phi) is 4.54. The van der Waals surface area contributed by atoms with Crippen molar-refractivity contribution >= 4 is 5.95 Å². The van der Waals surface area contributed by atoms with Gasteiger partial charge in [0.15, 0.2) is 0 Å². The fourth-order valence-electron chi connectivity index (χ4n) is 2.58. The van der Waals surface area contributed by atoms with Crippen molar-refractivity contribution in [3.05, 3.63) is 41.6 Å². The molecule has 1 fully saturated rings. The van der Waals surface area contributed by atoms with Gasteiger partial charge in [0.25, 0.3) is 0 Å². The standard InChI is InChI=1S/C18H20N4O/c1-13(2)14-3-5-15(6-4-14)17-11-16(12-19)20-18(21-17)22-7-9-23-10-8-22/h3-6,11,13H,7-10H2,1-2H3. The zero-order chi connectivity index (χ0) is 16.2. The molecule has 0 spiro atoms. The number of hydrogen-bond donors (Lipinski definition) is 0. The predicted octanol–water partition coefficient (Wildman–Crippen LogP) is 2.98. The lowest BCUT2D eigenvalue weighted by atomic mass is 10.0. The zero-order valence-corrected chi connectivity index (χ0v) is 13.5. The number of benzene rings is 1. The van der Waals surface area contributed by atoms with Gasteiger partial charge < -0.3 is 9.64 Å². The highest BCUT2D eigenvalue weighted by Gasteiger charge is 2.16. The van der Waals surface area contributed by atoms with E-state index < -0.39 is 0 Å². The summed E-state index contributed by atoms with van der Waals surface area (Å²) in [5.74, 6) is 1.10. The molecule has 0 N–H and O–H groups in total. The topological polar surface area (TPSA) is 62.0 Å². The lowest BCUT2D eigenvalue weighted by Gasteiger charge is -2.27. The van der Waals surface area contributed by atoms with E-state index in [1.165, 1.54) is 5.56 Å². The van der Waals surface area contributed by atoms with Crippen LogP contribution in [0.15, 0.2) is 30.3 Å². The smallest absolute Gasteiger partial charge is 0.227 e. The van der Waals surface area contributed by atoms with Crippen molar-refractivity contribution in [2.45, 2.75) is 19.8 Å². The predicted molar refractivity (Wildman–Crippen MR) is 89.3 cm³/mol. The molecule has 1 saturated heterocycles. The Labute approximate surface area is 136 Å². The number of nitriles is 1. The zero-order valence-electron chi connectivity index (χ0n) is 13.5. The van der Waals surface area contributed by atoms with Gasteiger partial charge in [-0.25, -0.2) is 9.97 Å². The molecule has 0 radical (unpaired) electrons. The van der Waals surface area contributed by atoms with E-state index in [1.54, 1.807) is 6.07 Å². The normalized spacial score (nSPS) is 14.8. The number of anilines is 1. The molecule has 1 aromatic carbocycles. The molecule has 0 aliphatic carbocycles. The van der Waals surface area contributed by atoms with Crippen molar-refractivity contribution in [3.63, 3.8) is 0 Å². The average Bonchev–Trinajstić information content (AvgIpc) is 2.62. The summed E-state index contributed by atoms with van der Waals surface area (Å²) in [5, 5.41) is 9.27. The van der Waals surface area contributed by atoms with Crippen molar-refractivity contribution in [3.8, 4) is 17.3 Å². The van der Waals surface area contributed by atoms with Gasteiger partial charge in [-0.2, -0.15) is 5.26 Å². The Bertz CT molecular complexity index is 713. The number of hydrogen-bond acceptors (Lipinski definition) is 5. The molecule has 23 heavy (non-hydrogen) atoms. The Balaban J connectivity index is 1.96. The Morgan fingerprint density at radius 3 is 2.43 bits per heavy atom. The van der Waals surface area contributed by atoms with Crippen molar-refractivity contribution in [1.82, 2.24) is 9.97 Å². The minimum atomic E-state index is 0.393. The van der Waals surface area contributed by atoms with Gasteiger partial charge in [0, 0.05) is 24.7 Å². The van der Waals surface area contributed by atoms with Crippen LogP contribution in [-0.2, 0) is 4.74 Å². The van der Waals surface area contributed by atoms with E-state index in [2.05, 4.69) is 59.1 Å². The van der Waals surface area contributed by atoms with Crippen LogP contribution in [0, 0.1) is 11.3 Å². The van der Waals surface area contributed by atoms with Gasteiger partial charge in [0.1, 0.15) is 11.8 Å². The number of ether oxygens (including phenoxy) is 1. The maximum Gasteiger partial charge on any atom is 0.227 e. The molecule has 1 aliphatic heterocycles. The summed E-state index contributed by atoms with van der Waals surface area (Å²) in [6.45, 7) is 7.17. The highest BCUT2D eigenvalue weighted by molar-refractivity contribution is 5.62. The van der Waals surface area contributed by atoms with Crippen LogP contribution < -0.4 is 4.90 Å². The lowest BCUT2D eigenvalue weighted by Crippen LogP contribution is -2.37. The van der Waals surface area contributed by atoms with Crippen molar-refractivity contribution in [2.24, 2.45) is 0 Å². The first-order valence-corrected chi connectivity index (χ1v) is 7.89. The van der Waals surface area contributed by atoms with Gasteiger partial charge in [0.05, 0.1) is 18.9 Å². The summed E-state index contributed by atoms with van der Waals surface area (Å²) in [6.07, 6.45) is 0. The van der Waals surface area contributed by atoms with Crippen LogP contribution in [0.2, 0.25) is 0 Å². The Morgan fingerprint density at radius 1 is 1.13 bits per heavy atom. The molecular formula is C18H20N4O. The summed E-state index contributed by atoms with van der Waals surface area (Å²) in [6, 6.07) is 12.2. The van der Waals surface area contributed by atoms with E-state index in [0.29, 0.717) is 30.8 Å². The summed E-state index contributed by atoms with van der Waals surface area (Å²) in [5.41, 5.74) is 3.47. The maximum atomic E-state index is 9.27. The summed E-state index contributed by atoms with van der Waals surface area (Å²) < 4.78 is 5.37. The molecule has 2 heterocycles. The maximum absolute atomic E-state index is 9.27. The first kappa shape index (κ1) is 15.4. The summed E-state index contributed by atoms with van der Waals surface area (Å²) in [4.78, 5) is 11.1. The molecule has 0 amide bonds. The largest absolute Gasteiger partial charge is 0.378 e. The van der Waals surface area contributed by atoms with Crippen molar-refractivity contribution in [2.75, 3.05) is 31.2 Å². The molecule has 3 rings (SSSR count). The Morgan fingerprint density at radius 2 is 1.83 bits per heavy atom. The van der Waals surface area contributed by atoms with Gasteiger partial charge in [-0.1, -0.05) is 38.1 Å². The highest BCUT2D eigenvalue weighted by Crippen LogP contribution is 2.23. The third kappa shape index (κ3) is 3.49.